The lowest BCUT2D eigenvalue weighted by atomic mass is 10.1. The van der Waals surface area contributed by atoms with E-state index < -0.39 is 23.3 Å². The van der Waals surface area contributed by atoms with Crippen LogP contribution in [0.5, 0.6) is 0 Å². The van der Waals surface area contributed by atoms with Crippen molar-refractivity contribution >= 4 is 11.1 Å². The minimum atomic E-state index is -2.64. The molecule has 0 N–H and O–H groups in total. The molecule has 1 unspecified atom stereocenters. The van der Waals surface area contributed by atoms with E-state index >= 15 is 0 Å². The first-order valence-electron chi connectivity index (χ1n) is 7.78. The molecular formula is C19H15F3NO2S-. The van der Waals surface area contributed by atoms with Gasteiger partial charge in [-0.3, -0.25) is 4.21 Å². The first kappa shape index (κ1) is 18.4. The van der Waals surface area contributed by atoms with E-state index in [1.54, 1.807) is 35.8 Å². The quantitative estimate of drug-likeness (QED) is 0.592. The van der Waals surface area contributed by atoms with Crippen LogP contribution in [0.1, 0.15) is 23.2 Å². The van der Waals surface area contributed by atoms with Gasteiger partial charge in [-0.25, -0.2) is 13.2 Å². The SMILES string of the molecule is Cc1c(C(F)F)cc(-c2ccc(CS(=O)[O-])cc2)n1-c1ccc(F)cc1. The molecule has 3 aromatic rings. The van der Waals surface area contributed by atoms with Crippen molar-refractivity contribution in [1.29, 1.82) is 0 Å². The van der Waals surface area contributed by atoms with E-state index in [9.17, 15) is 21.9 Å². The minimum absolute atomic E-state index is 0.103. The zero-order valence-corrected chi connectivity index (χ0v) is 14.6. The predicted octanol–water partition coefficient (Wildman–Crippen LogP) is 4.91. The van der Waals surface area contributed by atoms with Gasteiger partial charge in [0.1, 0.15) is 5.82 Å². The smallest absolute Gasteiger partial charge is 0.265 e. The van der Waals surface area contributed by atoms with Gasteiger partial charge in [0.25, 0.3) is 6.43 Å². The topological polar surface area (TPSA) is 45.1 Å². The lowest BCUT2D eigenvalue weighted by Crippen LogP contribution is -2.00. The molecule has 1 atom stereocenters. The van der Waals surface area contributed by atoms with E-state index in [0.29, 0.717) is 28.2 Å². The van der Waals surface area contributed by atoms with Crippen molar-refractivity contribution in [3.05, 3.63) is 77.2 Å². The Morgan fingerprint density at radius 1 is 1.08 bits per heavy atom. The molecule has 3 rings (SSSR count). The molecule has 0 saturated carbocycles. The van der Waals surface area contributed by atoms with Crippen LogP contribution >= 0.6 is 0 Å². The van der Waals surface area contributed by atoms with E-state index in [-0.39, 0.29) is 11.3 Å². The first-order chi connectivity index (χ1) is 12.4. The molecule has 0 radical (unpaired) electrons. The molecule has 0 saturated heterocycles. The van der Waals surface area contributed by atoms with Crippen LogP contribution in [0, 0.1) is 12.7 Å². The summed E-state index contributed by atoms with van der Waals surface area (Å²) in [7, 11) is 0. The Labute approximate surface area is 151 Å². The molecule has 0 aliphatic heterocycles. The average Bonchev–Trinajstić information content (AvgIpc) is 2.93. The van der Waals surface area contributed by atoms with Crippen molar-refractivity contribution in [2.45, 2.75) is 19.1 Å². The van der Waals surface area contributed by atoms with Crippen molar-refractivity contribution in [3.8, 4) is 16.9 Å². The molecule has 0 aliphatic carbocycles. The van der Waals surface area contributed by atoms with E-state index in [4.69, 9.17) is 0 Å². The number of hydrogen-bond acceptors (Lipinski definition) is 2. The highest BCUT2D eigenvalue weighted by Gasteiger charge is 2.20. The van der Waals surface area contributed by atoms with Crippen LogP contribution in [-0.2, 0) is 16.8 Å². The summed E-state index contributed by atoms with van der Waals surface area (Å²) in [6, 6.07) is 13.7. The minimum Gasteiger partial charge on any atom is -0.772 e. The summed E-state index contributed by atoms with van der Waals surface area (Å²) in [5.41, 5.74) is 2.62. The van der Waals surface area contributed by atoms with Gasteiger partial charge in [-0.05, 0) is 48.4 Å². The summed E-state index contributed by atoms with van der Waals surface area (Å²) < 4.78 is 63.2. The first-order valence-corrected chi connectivity index (χ1v) is 9.02. The molecule has 0 spiro atoms. The lowest BCUT2D eigenvalue weighted by molar-refractivity contribution is 0.150. The summed E-state index contributed by atoms with van der Waals surface area (Å²) in [6.45, 7) is 1.59. The molecule has 0 bridgehead atoms. The maximum Gasteiger partial charge on any atom is 0.265 e. The van der Waals surface area contributed by atoms with E-state index in [1.807, 2.05) is 0 Å². The zero-order valence-electron chi connectivity index (χ0n) is 13.8. The van der Waals surface area contributed by atoms with E-state index in [2.05, 4.69) is 0 Å². The summed E-state index contributed by atoms with van der Waals surface area (Å²) in [5.74, 6) is -0.523. The fourth-order valence-electron chi connectivity index (χ4n) is 2.89. The molecular weight excluding hydrogens is 363 g/mol. The molecule has 136 valence electrons. The third-order valence-corrected chi connectivity index (χ3v) is 4.71. The molecule has 1 aromatic heterocycles. The highest BCUT2D eigenvalue weighted by molar-refractivity contribution is 7.78. The molecule has 26 heavy (non-hydrogen) atoms. The third-order valence-electron chi connectivity index (χ3n) is 4.14. The van der Waals surface area contributed by atoms with Gasteiger partial charge in [0.15, 0.2) is 0 Å². The van der Waals surface area contributed by atoms with Gasteiger partial charge in [-0.15, -0.1) is 0 Å². The van der Waals surface area contributed by atoms with Crippen LogP contribution < -0.4 is 0 Å². The third kappa shape index (κ3) is 3.73. The second-order valence-corrected chi connectivity index (χ2v) is 6.72. The van der Waals surface area contributed by atoms with Crippen molar-refractivity contribution < 1.29 is 21.9 Å². The fraction of sp³-hybridized carbons (Fsp3) is 0.158. The largest absolute Gasteiger partial charge is 0.772 e. The molecule has 1 heterocycles. The normalized spacial score (nSPS) is 12.5. The van der Waals surface area contributed by atoms with E-state index in [0.717, 1.165) is 0 Å². The maximum atomic E-state index is 13.4. The van der Waals surface area contributed by atoms with Crippen LogP contribution in [-0.4, -0.2) is 13.3 Å². The Balaban J connectivity index is 2.12. The monoisotopic (exact) mass is 378 g/mol. The predicted molar refractivity (Wildman–Crippen MR) is 93.5 cm³/mol. The Kier molecular flexibility index (Phi) is 5.29. The molecule has 2 aromatic carbocycles. The number of rotatable bonds is 5. The molecule has 0 aliphatic rings. The van der Waals surface area contributed by atoms with Gasteiger partial charge in [0.05, 0.1) is 5.69 Å². The average molecular weight is 378 g/mol. The Bertz CT molecular complexity index is 935. The summed E-state index contributed by atoms with van der Waals surface area (Å²) in [5, 5.41) is 0. The van der Waals surface area contributed by atoms with Gasteiger partial charge in [-0.2, -0.15) is 0 Å². The van der Waals surface area contributed by atoms with Gasteiger partial charge >= 0.3 is 0 Å². The highest BCUT2D eigenvalue weighted by Crippen LogP contribution is 2.34. The molecule has 3 nitrogen and oxygen atoms in total. The highest BCUT2D eigenvalue weighted by atomic mass is 32.2. The van der Waals surface area contributed by atoms with Gasteiger partial charge in [0.2, 0.25) is 0 Å². The van der Waals surface area contributed by atoms with Crippen molar-refractivity contribution in [2.75, 3.05) is 0 Å². The number of halogens is 3. The molecule has 0 fully saturated rings. The summed E-state index contributed by atoms with van der Waals surface area (Å²) in [6.07, 6.45) is -2.64. The van der Waals surface area contributed by atoms with Crippen molar-refractivity contribution in [3.63, 3.8) is 0 Å². The Hall–Kier alpha value is -2.38. The van der Waals surface area contributed by atoms with Crippen LogP contribution in [0.3, 0.4) is 0 Å². The Morgan fingerprint density at radius 2 is 1.69 bits per heavy atom. The van der Waals surface area contributed by atoms with Crippen LogP contribution in [0.15, 0.2) is 54.6 Å². The van der Waals surface area contributed by atoms with E-state index in [1.165, 1.54) is 30.3 Å². The van der Waals surface area contributed by atoms with Gasteiger partial charge in [-0.1, -0.05) is 35.3 Å². The second kappa shape index (κ2) is 7.47. The number of benzene rings is 2. The van der Waals surface area contributed by atoms with Crippen LogP contribution in [0.4, 0.5) is 13.2 Å². The Morgan fingerprint density at radius 3 is 2.23 bits per heavy atom. The van der Waals surface area contributed by atoms with Crippen molar-refractivity contribution in [2.24, 2.45) is 0 Å². The van der Waals surface area contributed by atoms with Crippen molar-refractivity contribution in [1.82, 2.24) is 4.57 Å². The standard InChI is InChI=1S/C19H16F3NO2S/c1-12-17(19(21)22)10-18(23(12)16-8-6-15(20)7-9-16)14-4-2-13(3-5-14)11-26(24)25/h2-10,19H,11H2,1H3,(H,24,25)/p-1. The summed E-state index contributed by atoms with van der Waals surface area (Å²) >= 11 is -2.20. The number of aromatic nitrogens is 1. The lowest BCUT2D eigenvalue weighted by Gasteiger charge is -2.13. The van der Waals surface area contributed by atoms with Gasteiger partial charge in [0, 0.05) is 22.7 Å². The summed E-state index contributed by atoms with van der Waals surface area (Å²) in [4.78, 5) is 0. The fourth-order valence-corrected chi connectivity index (χ4v) is 3.35. The van der Waals surface area contributed by atoms with Crippen LogP contribution in [0.2, 0.25) is 0 Å². The second-order valence-electron chi connectivity index (χ2n) is 5.83. The van der Waals surface area contributed by atoms with Crippen LogP contribution in [0.25, 0.3) is 16.9 Å². The molecule has 0 amide bonds. The number of nitrogens with zero attached hydrogens (tertiary/aromatic N) is 1. The number of hydrogen-bond donors (Lipinski definition) is 0. The maximum absolute atomic E-state index is 13.4. The molecule has 7 heteroatoms. The number of alkyl halides is 2. The zero-order chi connectivity index (χ0) is 18.8. The van der Waals surface area contributed by atoms with Gasteiger partial charge < -0.3 is 9.12 Å².